The fourth-order valence-electron chi connectivity index (χ4n) is 0.920. The third-order valence-corrected chi connectivity index (χ3v) is 2.21. The second-order valence-corrected chi connectivity index (χ2v) is 4.09. The van der Waals surface area contributed by atoms with Gasteiger partial charge in [0.2, 0.25) is 5.91 Å². The molecule has 15 heavy (non-hydrogen) atoms. The van der Waals surface area contributed by atoms with Crippen molar-refractivity contribution in [3.63, 3.8) is 0 Å². The molecule has 0 atom stereocenters. The molecule has 0 aliphatic rings. The van der Waals surface area contributed by atoms with Gasteiger partial charge in [-0.05, 0) is 46.9 Å². The van der Waals surface area contributed by atoms with Gasteiger partial charge in [0, 0.05) is 9.26 Å². The molecule has 1 rings (SSSR count). The Morgan fingerprint density at radius 3 is 2.27 bits per heavy atom. The number of hydrogen-bond donors (Lipinski definition) is 1. The third-order valence-electron chi connectivity index (χ3n) is 1.49. The lowest BCUT2D eigenvalue weighted by Gasteiger charge is -2.07. The van der Waals surface area contributed by atoms with E-state index in [2.05, 4.69) is 27.9 Å². The maximum atomic E-state index is 11.8. The number of carbonyl (C=O) groups is 1. The third kappa shape index (κ3) is 5.01. The lowest BCUT2D eigenvalue weighted by atomic mass is 10.3. The van der Waals surface area contributed by atoms with Crippen LogP contribution in [0.3, 0.4) is 0 Å². The van der Waals surface area contributed by atoms with Crippen molar-refractivity contribution in [2.45, 2.75) is 12.6 Å². The van der Waals surface area contributed by atoms with Gasteiger partial charge in [-0.1, -0.05) is 0 Å². The van der Waals surface area contributed by atoms with Crippen LogP contribution in [0.25, 0.3) is 0 Å². The molecule has 0 aliphatic heterocycles. The zero-order chi connectivity index (χ0) is 11.5. The quantitative estimate of drug-likeness (QED) is 0.830. The molecule has 82 valence electrons. The van der Waals surface area contributed by atoms with Crippen molar-refractivity contribution < 1.29 is 18.0 Å². The Bertz CT molecular complexity index is 347. The maximum Gasteiger partial charge on any atom is 0.397 e. The molecule has 0 spiro atoms. The number of amides is 1. The predicted octanol–water partition coefficient (Wildman–Crippen LogP) is 3.18. The van der Waals surface area contributed by atoms with Crippen molar-refractivity contribution >= 4 is 34.2 Å². The van der Waals surface area contributed by atoms with E-state index in [9.17, 15) is 18.0 Å². The number of hydrogen-bond acceptors (Lipinski definition) is 1. The zero-order valence-corrected chi connectivity index (χ0v) is 9.59. The molecule has 2 nitrogen and oxygen atoms in total. The molecule has 0 radical (unpaired) electrons. The Kier molecular flexibility index (Phi) is 3.95. The Morgan fingerprint density at radius 2 is 1.80 bits per heavy atom. The van der Waals surface area contributed by atoms with Gasteiger partial charge < -0.3 is 5.32 Å². The number of nitrogens with one attached hydrogen (secondary N) is 1. The summed E-state index contributed by atoms with van der Waals surface area (Å²) in [4.78, 5) is 10.9. The second-order valence-electron chi connectivity index (χ2n) is 2.85. The number of anilines is 1. The van der Waals surface area contributed by atoms with Crippen molar-refractivity contribution in [1.82, 2.24) is 0 Å². The summed E-state index contributed by atoms with van der Waals surface area (Å²) in [5, 5.41) is 2.16. The van der Waals surface area contributed by atoms with E-state index in [0.29, 0.717) is 5.69 Å². The Labute approximate surface area is 98.0 Å². The summed E-state index contributed by atoms with van der Waals surface area (Å²) >= 11 is 2.06. The van der Waals surface area contributed by atoms with Crippen molar-refractivity contribution in [3.8, 4) is 0 Å². The van der Waals surface area contributed by atoms with Crippen molar-refractivity contribution in [3.05, 3.63) is 27.8 Å². The summed E-state index contributed by atoms with van der Waals surface area (Å²) in [5.74, 6) is -1.05. The fourth-order valence-corrected chi connectivity index (χ4v) is 1.28. The Morgan fingerprint density at radius 1 is 1.27 bits per heavy atom. The van der Waals surface area contributed by atoms with Crippen LogP contribution in [-0.4, -0.2) is 12.1 Å². The summed E-state index contributed by atoms with van der Waals surface area (Å²) in [7, 11) is 0. The highest BCUT2D eigenvalue weighted by molar-refractivity contribution is 14.1. The summed E-state index contributed by atoms with van der Waals surface area (Å²) < 4.78 is 36.4. The lowest BCUT2D eigenvalue weighted by molar-refractivity contribution is -0.150. The van der Waals surface area contributed by atoms with E-state index in [4.69, 9.17) is 0 Å². The minimum absolute atomic E-state index is 0.365. The fraction of sp³-hybridized carbons (Fsp3) is 0.222. The highest BCUT2D eigenvalue weighted by Crippen LogP contribution is 2.20. The number of alkyl halides is 3. The maximum absolute atomic E-state index is 11.8. The summed E-state index contributed by atoms with van der Waals surface area (Å²) in [6.07, 6.45) is -5.92. The summed E-state index contributed by atoms with van der Waals surface area (Å²) in [5.41, 5.74) is 0.365. The summed E-state index contributed by atoms with van der Waals surface area (Å²) in [6, 6.07) is 6.50. The molecule has 0 saturated heterocycles. The lowest BCUT2D eigenvalue weighted by Crippen LogP contribution is -2.21. The van der Waals surface area contributed by atoms with Gasteiger partial charge in [-0.2, -0.15) is 13.2 Å². The molecule has 0 aliphatic carbocycles. The van der Waals surface area contributed by atoms with Gasteiger partial charge in [-0.25, -0.2) is 0 Å². The van der Waals surface area contributed by atoms with E-state index in [0.717, 1.165) is 3.57 Å². The van der Waals surface area contributed by atoms with E-state index in [1.807, 2.05) is 0 Å². The van der Waals surface area contributed by atoms with Gasteiger partial charge in [-0.15, -0.1) is 0 Å². The molecule has 0 heterocycles. The largest absolute Gasteiger partial charge is 0.397 e. The van der Waals surface area contributed by atoms with E-state index >= 15 is 0 Å². The number of carbonyl (C=O) groups excluding carboxylic acids is 1. The van der Waals surface area contributed by atoms with E-state index in [1.165, 1.54) is 0 Å². The van der Waals surface area contributed by atoms with Crippen LogP contribution in [0.1, 0.15) is 6.42 Å². The molecule has 0 fully saturated rings. The van der Waals surface area contributed by atoms with Gasteiger partial charge in [0.15, 0.2) is 0 Å². The molecule has 0 unspecified atom stereocenters. The SMILES string of the molecule is O=C(CC(F)(F)F)Nc1ccc(I)cc1. The number of rotatable bonds is 2. The van der Waals surface area contributed by atoms with Crippen LogP contribution >= 0.6 is 22.6 Å². The van der Waals surface area contributed by atoms with Crippen molar-refractivity contribution in [2.75, 3.05) is 5.32 Å². The van der Waals surface area contributed by atoms with Crippen LogP contribution in [0.15, 0.2) is 24.3 Å². The van der Waals surface area contributed by atoms with Crippen LogP contribution in [-0.2, 0) is 4.79 Å². The molecule has 1 N–H and O–H groups in total. The normalized spacial score (nSPS) is 11.2. The molecule has 1 aromatic carbocycles. The molecule has 0 saturated carbocycles. The first-order valence-electron chi connectivity index (χ1n) is 3.99. The van der Waals surface area contributed by atoms with Gasteiger partial charge in [0.05, 0.1) is 0 Å². The first-order valence-corrected chi connectivity index (χ1v) is 5.07. The standard InChI is InChI=1S/C9H7F3INO/c10-9(11,12)5-8(15)14-7-3-1-6(13)2-4-7/h1-4H,5H2,(H,14,15). The smallest absolute Gasteiger partial charge is 0.326 e. The molecule has 1 amide bonds. The number of halogens is 4. The molecule has 0 aromatic heterocycles. The van der Waals surface area contributed by atoms with Crippen LogP contribution in [0.5, 0.6) is 0 Å². The van der Waals surface area contributed by atoms with Crippen molar-refractivity contribution in [1.29, 1.82) is 0 Å². The van der Waals surface area contributed by atoms with Crippen LogP contribution in [0, 0.1) is 3.57 Å². The van der Waals surface area contributed by atoms with Gasteiger partial charge >= 0.3 is 6.18 Å². The number of benzene rings is 1. The molecule has 6 heteroatoms. The Hall–Kier alpha value is -0.790. The topological polar surface area (TPSA) is 29.1 Å². The van der Waals surface area contributed by atoms with Gasteiger partial charge in [0.25, 0.3) is 0 Å². The van der Waals surface area contributed by atoms with Crippen LogP contribution < -0.4 is 5.32 Å². The van der Waals surface area contributed by atoms with E-state index in [1.54, 1.807) is 24.3 Å². The van der Waals surface area contributed by atoms with Gasteiger partial charge in [-0.3, -0.25) is 4.79 Å². The molecule has 0 bridgehead atoms. The monoisotopic (exact) mass is 329 g/mol. The van der Waals surface area contributed by atoms with E-state index in [-0.39, 0.29) is 0 Å². The second kappa shape index (κ2) is 4.82. The van der Waals surface area contributed by atoms with Gasteiger partial charge in [0.1, 0.15) is 6.42 Å². The highest BCUT2D eigenvalue weighted by Gasteiger charge is 2.31. The molecular weight excluding hydrogens is 322 g/mol. The molecule has 1 aromatic rings. The van der Waals surface area contributed by atoms with E-state index < -0.39 is 18.5 Å². The minimum Gasteiger partial charge on any atom is -0.326 e. The predicted molar refractivity (Wildman–Crippen MR) is 58.5 cm³/mol. The first kappa shape index (κ1) is 12.3. The molecular formula is C9H7F3INO. The van der Waals surface area contributed by atoms with Crippen LogP contribution in [0.2, 0.25) is 0 Å². The minimum atomic E-state index is -4.46. The average Bonchev–Trinajstić information content (AvgIpc) is 2.05. The van der Waals surface area contributed by atoms with Crippen molar-refractivity contribution in [2.24, 2.45) is 0 Å². The average molecular weight is 329 g/mol. The highest BCUT2D eigenvalue weighted by atomic mass is 127. The summed E-state index contributed by atoms with van der Waals surface area (Å²) in [6.45, 7) is 0. The Balaban J connectivity index is 2.55. The first-order chi connectivity index (χ1) is 6.87. The van der Waals surface area contributed by atoms with Crippen LogP contribution in [0.4, 0.5) is 18.9 Å². The zero-order valence-electron chi connectivity index (χ0n) is 7.44.